The number of pyridine rings is 1. The first-order chi connectivity index (χ1) is 11.3. The van der Waals surface area contributed by atoms with Crippen LogP contribution in [0.2, 0.25) is 5.02 Å². The molecular formula is C18H18ClN2O2+. The topological polar surface area (TPSA) is 51.9 Å². The van der Waals surface area contributed by atoms with Crippen LogP contribution in [0.5, 0.6) is 5.75 Å². The number of furan rings is 1. The normalized spacial score (nSPS) is 10.7. The van der Waals surface area contributed by atoms with Crippen molar-refractivity contribution in [3.05, 3.63) is 71.2 Å². The molecule has 0 aliphatic rings. The third-order valence-corrected chi connectivity index (χ3v) is 3.84. The highest BCUT2D eigenvalue weighted by molar-refractivity contribution is 6.32. The Morgan fingerprint density at radius 2 is 2.09 bits per heavy atom. The number of aromatic nitrogens is 1. The molecule has 0 amide bonds. The van der Waals surface area contributed by atoms with E-state index in [1.54, 1.807) is 13.3 Å². The zero-order chi connectivity index (χ0) is 16.1. The summed E-state index contributed by atoms with van der Waals surface area (Å²) in [5, 5.41) is 2.76. The summed E-state index contributed by atoms with van der Waals surface area (Å²) in [4.78, 5) is 4.11. The van der Waals surface area contributed by atoms with Crippen molar-refractivity contribution in [2.45, 2.75) is 13.1 Å². The maximum absolute atomic E-state index is 6.16. The zero-order valence-electron chi connectivity index (χ0n) is 12.8. The van der Waals surface area contributed by atoms with Crippen LogP contribution >= 0.6 is 11.6 Å². The second kappa shape index (κ2) is 7.31. The molecule has 0 fully saturated rings. The largest absolute Gasteiger partial charge is 0.495 e. The van der Waals surface area contributed by atoms with Crippen molar-refractivity contribution >= 4 is 11.6 Å². The Bertz CT molecular complexity index is 772. The summed E-state index contributed by atoms with van der Waals surface area (Å²) in [5.74, 6) is 2.39. The third-order valence-electron chi connectivity index (χ3n) is 3.55. The van der Waals surface area contributed by atoms with Crippen LogP contribution in [0, 0.1) is 0 Å². The molecule has 2 N–H and O–H groups in total. The van der Waals surface area contributed by atoms with Crippen LogP contribution in [0.25, 0.3) is 11.3 Å². The van der Waals surface area contributed by atoms with Crippen molar-refractivity contribution in [1.29, 1.82) is 0 Å². The molecule has 0 spiro atoms. The minimum atomic E-state index is 0.575. The number of halogens is 1. The van der Waals surface area contributed by atoms with Gasteiger partial charge in [0, 0.05) is 23.5 Å². The summed E-state index contributed by atoms with van der Waals surface area (Å²) in [6.45, 7) is 1.65. The number of nitrogens with two attached hydrogens (primary N) is 1. The first-order valence-electron chi connectivity index (χ1n) is 7.39. The average Bonchev–Trinajstić information content (AvgIpc) is 3.05. The van der Waals surface area contributed by atoms with Crippen LogP contribution in [0.1, 0.15) is 11.3 Å². The van der Waals surface area contributed by atoms with Gasteiger partial charge >= 0.3 is 0 Å². The molecule has 0 unspecified atom stereocenters. The number of hydrogen-bond donors (Lipinski definition) is 1. The van der Waals surface area contributed by atoms with E-state index >= 15 is 0 Å². The van der Waals surface area contributed by atoms with Crippen LogP contribution in [0.4, 0.5) is 0 Å². The van der Waals surface area contributed by atoms with E-state index in [9.17, 15) is 0 Å². The van der Waals surface area contributed by atoms with Crippen LogP contribution < -0.4 is 10.1 Å². The molecule has 4 nitrogen and oxygen atoms in total. The Balaban J connectivity index is 1.63. The Hall–Kier alpha value is -2.30. The van der Waals surface area contributed by atoms with Crippen molar-refractivity contribution in [2.24, 2.45) is 0 Å². The summed E-state index contributed by atoms with van der Waals surface area (Å²) in [6, 6.07) is 13.6. The summed E-state index contributed by atoms with van der Waals surface area (Å²) in [7, 11) is 1.60. The molecule has 0 saturated heterocycles. The van der Waals surface area contributed by atoms with Gasteiger partial charge in [0.15, 0.2) is 5.76 Å². The molecule has 0 atom stereocenters. The first-order valence-corrected chi connectivity index (χ1v) is 7.77. The van der Waals surface area contributed by atoms with Crippen LogP contribution in [-0.2, 0) is 13.1 Å². The van der Waals surface area contributed by atoms with Gasteiger partial charge in [0.1, 0.15) is 24.6 Å². The van der Waals surface area contributed by atoms with Gasteiger partial charge in [-0.15, -0.1) is 0 Å². The maximum atomic E-state index is 6.16. The predicted molar refractivity (Wildman–Crippen MR) is 89.3 cm³/mol. The van der Waals surface area contributed by atoms with Gasteiger partial charge in [-0.05, 0) is 36.4 Å². The fourth-order valence-corrected chi connectivity index (χ4v) is 2.62. The highest BCUT2D eigenvalue weighted by atomic mass is 35.5. The number of benzene rings is 1. The van der Waals surface area contributed by atoms with Gasteiger partial charge < -0.3 is 14.5 Å². The molecule has 0 saturated carbocycles. The monoisotopic (exact) mass is 329 g/mol. The van der Waals surface area contributed by atoms with E-state index in [0.717, 1.165) is 30.2 Å². The summed E-state index contributed by atoms with van der Waals surface area (Å²) in [6.07, 6.45) is 3.66. The standard InChI is InChI=1S/C18H17ClN2O2/c1-22-18-6-4-14(9-16(18)19)17-7-5-15(23-17)12-21-11-13-3-2-8-20-10-13/h2-10,21H,11-12H2,1H3/p+1. The molecule has 5 heteroatoms. The van der Waals surface area contributed by atoms with E-state index in [1.807, 2.05) is 42.6 Å². The van der Waals surface area contributed by atoms with Gasteiger partial charge in [-0.2, -0.15) is 0 Å². The van der Waals surface area contributed by atoms with E-state index in [4.69, 9.17) is 20.8 Å². The maximum Gasteiger partial charge on any atom is 0.158 e. The molecular weight excluding hydrogens is 312 g/mol. The minimum absolute atomic E-state index is 0.575. The number of ether oxygens (including phenoxy) is 1. The molecule has 2 aromatic heterocycles. The van der Waals surface area contributed by atoms with Crippen LogP contribution in [0.3, 0.4) is 0 Å². The van der Waals surface area contributed by atoms with Crippen molar-refractivity contribution < 1.29 is 14.5 Å². The van der Waals surface area contributed by atoms with Gasteiger partial charge in [0.05, 0.1) is 12.1 Å². The highest BCUT2D eigenvalue weighted by Gasteiger charge is 2.09. The van der Waals surface area contributed by atoms with Gasteiger partial charge in [-0.25, -0.2) is 0 Å². The Morgan fingerprint density at radius 3 is 2.83 bits per heavy atom. The molecule has 3 rings (SSSR count). The third kappa shape index (κ3) is 3.92. The number of methoxy groups -OCH3 is 1. The molecule has 0 radical (unpaired) electrons. The first kappa shape index (κ1) is 15.6. The SMILES string of the molecule is COc1ccc(-c2ccc(C[NH2+]Cc3cccnc3)o2)cc1Cl. The molecule has 23 heavy (non-hydrogen) atoms. The van der Waals surface area contributed by atoms with Crippen molar-refractivity contribution in [2.75, 3.05) is 7.11 Å². The lowest BCUT2D eigenvalue weighted by Gasteiger charge is -2.04. The molecule has 118 valence electrons. The van der Waals surface area contributed by atoms with E-state index in [2.05, 4.69) is 16.4 Å². The molecule has 0 aliphatic carbocycles. The highest BCUT2D eigenvalue weighted by Crippen LogP contribution is 2.30. The number of nitrogens with zero attached hydrogens (tertiary/aromatic N) is 1. The van der Waals surface area contributed by atoms with E-state index < -0.39 is 0 Å². The van der Waals surface area contributed by atoms with Crippen LogP contribution in [0.15, 0.2) is 59.3 Å². The summed E-state index contributed by atoms with van der Waals surface area (Å²) in [5.41, 5.74) is 2.13. The van der Waals surface area contributed by atoms with Gasteiger partial charge in [-0.1, -0.05) is 17.7 Å². The fraction of sp³-hybridized carbons (Fsp3) is 0.167. The van der Waals surface area contributed by atoms with Gasteiger partial charge in [0.2, 0.25) is 0 Å². The van der Waals surface area contributed by atoms with Crippen molar-refractivity contribution in [3.63, 3.8) is 0 Å². The van der Waals surface area contributed by atoms with E-state index in [-0.39, 0.29) is 0 Å². The zero-order valence-corrected chi connectivity index (χ0v) is 13.6. The second-order valence-corrected chi connectivity index (χ2v) is 5.58. The number of quaternary nitrogens is 1. The van der Waals surface area contributed by atoms with Crippen LogP contribution in [-0.4, -0.2) is 12.1 Å². The summed E-state index contributed by atoms with van der Waals surface area (Å²) < 4.78 is 11.1. The van der Waals surface area contributed by atoms with Gasteiger partial charge in [-0.3, -0.25) is 4.98 Å². The molecule has 1 aromatic carbocycles. The summed E-state index contributed by atoms with van der Waals surface area (Å²) >= 11 is 6.16. The molecule has 3 aromatic rings. The number of hydrogen-bond acceptors (Lipinski definition) is 3. The van der Waals surface area contributed by atoms with Crippen molar-refractivity contribution in [3.8, 4) is 17.1 Å². The Kier molecular flexibility index (Phi) is 4.95. The molecule has 2 heterocycles. The lowest BCUT2D eigenvalue weighted by molar-refractivity contribution is -0.688. The molecule has 0 aliphatic heterocycles. The minimum Gasteiger partial charge on any atom is -0.495 e. The molecule has 0 bridgehead atoms. The van der Waals surface area contributed by atoms with E-state index in [1.165, 1.54) is 5.56 Å². The smallest absolute Gasteiger partial charge is 0.158 e. The average molecular weight is 330 g/mol. The van der Waals surface area contributed by atoms with Gasteiger partial charge in [0.25, 0.3) is 0 Å². The Labute approximate surface area is 140 Å². The van der Waals surface area contributed by atoms with Crippen molar-refractivity contribution in [1.82, 2.24) is 4.98 Å². The number of rotatable bonds is 6. The van der Waals surface area contributed by atoms with E-state index in [0.29, 0.717) is 10.8 Å². The predicted octanol–water partition coefficient (Wildman–Crippen LogP) is 3.27. The fourth-order valence-electron chi connectivity index (χ4n) is 2.36. The quantitative estimate of drug-likeness (QED) is 0.755. The Morgan fingerprint density at radius 1 is 1.17 bits per heavy atom. The second-order valence-electron chi connectivity index (χ2n) is 5.17. The lowest BCUT2D eigenvalue weighted by Crippen LogP contribution is -2.80. The lowest BCUT2D eigenvalue weighted by atomic mass is 10.2.